The number of nitrogen functional groups attached to an aromatic ring is 1. The molecule has 0 aromatic heterocycles. The van der Waals surface area contributed by atoms with Crippen molar-refractivity contribution >= 4 is 11.7 Å². The quantitative estimate of drug-likeness (QED) is 0.507. The summed E-state index contributed by atoms with van der Waals surface area (Å²) in [6.45, 7) is 8.37. The van der Waals surface area contributed by atoms with Gasteiger partial charge in [0.25, 0.3) is 0 Å². The number of ether oxygens (including phenoxy) is 2. The normalized spacial score (nSPS) is 11.3. The van der Waals surface area contributed by atoms with Crippen molar-refractivity contribution in [1.82, 2.24) is 0 Å². The highest BCUT2D eigenvalue weighted by Crippen LogP contribution is 2.13. The van der Waals surface area contributed by atoms with Gasteiger partial charge in [-0.1, -0.05) is 0 Å². The molecule has 18 heavy (non-hydrogen) atoms. The van der Waals surface area contributed by atoms with Crippen LogP contribution in [0.2, 0.25) is 0 Å². The SMILES string of the molecule is Cc1cc(C(=O)OCCOC(C)(C)C)ccc1N. The number of aryl methyl sites for hydroxylation is 1. The first-order chi connectivity index (χ1) is 8.29. The number of anilines is 1. The molecule has 0 aliphatic carbocycles. The number of carbonyl (C=O) groups is 1. The summed E-state index contributed by atoms with van der Waals surface area (Å²) in [4.78, 5) is 11.7. The lowest BCUT2D eigenvalue weighted by Crippen LogP contribution is -2.22. The van der Waals surface area contributed by atoms with E-state index in [-0.39, 0.29) is 18.2 Å². The molecular formula is C14H21NO3. The minimum Gasteiger partial charge on any atom is -0.460 e. The van der Waals surface area contributed by atoms with Crippen LogP contribution in [0, 0.1) is 6.92 Å². The van der Waals surface area contributed by atoms with E-state index in [0.717, 1.165) is 5.56 Å². The second-order valence-corrected chi connectivity index (χ2v) is 5.17. The Morgan fingerprint density at radius 3 is 2.50 bits per heavy atom. The summed E-state index contributed by atoms with van der Waals surface area (Å²) in [6, 6.07) is 5.09. The van der Waals surface area contributed by atoms with Gasteiger partial charge < -0.3 is 15.2 Å². The third-order valence-corrected chi connectivity index (χ3v) is 2.36. The van der Waals surface area contributed by atoms with Crippen molar-refractivity contribution in [3.05, 3.63) is 29.3 Å². The summed E-state index contributed by atoms with van der Waals surface area (Å²) in [5.41, 5.74) is 7.52. The monoisotopic (exact) mass is 251 g/mol. The topological polar surface area (TPSA) is 61.5 Å². The standard InChI is InChI=1S/C14H21NO3/c1-10-9-11(5-6-12(10)15)13(16)17-7-8-18-14(2,3)4/h5-6,9H,7-8,15H2,1-4H3. The maximum Gasteiger partial charge on any atom is 0.338 e. The maximum absolute atomic E-state index is 11.7. The Labute approximate surface area is 108 Å². The molecule has 0 saturated carbocycles. The van der Waals surface area contributed by atoms with Crippen LogP contribution in [0.4, 0.5) is 5.69 Å². The maximum atomic E-state index is 11.7. The van der Waals surface area contributed by atoms with E-state index in [9.17, 15) is 4.79 Å². The van der Waals surface area contributed by atoms with E-state index in [4.69, 9.17) is 15.2 Å². The molecule has 0 saturated heterocycles. The lowest BCUT2D eigenvalue weighted by molar-refractivity contribution is -0.0281. The molecule has 0 bridgehead atoms. The molecule has 0 aliphatic rings. The van der Waals surface area contributed by atoms with Gasteiger partial charge in [0, 0.05) is 5.69 Å². The van der Waals surface area contributed by atoms with Crippen LogP contribution in [0.1, 0.15) is 36.7 Å². The molecular weight excluding hydrogens is 230 g/mol. The summed E-state index contributed by atoms with van der Waals surface area (Å²) in [5, 5.41) is 0. The van der Waals surface area contributed by atoms with Crippen molar-refractivity contribution < 1.29 is 14.3 Å². The Hall–Kier alpha value is -1.55. The molecule has 0 heterocycles. The molecule has 0 spiro atoms. The first-order valence-electron chi connectivity index (χ1n) is 5.97. The van der Waals surface area contributed by atoms with Crippen LogP contribution in [0.15, 0.2) is 18.2 Å². The van der Waals surface area contributed by atoms with Gasteiger partial charge >= 0.3 is 5.97 Å². The van der Waals surface area contributed by atoms with Crippen molar-refractivity contribution in [2.24, 2.45) is 0 Å². The summed E-state index contributed by atoms with van der Waals surface area (Å²) in [7, 11) is 0. The van der Waals surface area contributed by atoms with E-state index >= 15 is 0 Å². The van der Waals surface area contributed by atoms with Gasteiger partial charge in [0.1, 0.15) is 6.61 Å². The summed E-state index contributed by atoms with van der Waals surface area (Å²) < 4.78 is 10.6. The van der Waals surface area contributed by atoms with Crippen LogP contribution in [-0.2, 0) is 9.47 Å². The van der Waals surface area contributed by atoms with Crippen molar-refractivity contribution in [2.75, 3.05) is 18.9 Å². The fraction of sp³-hybridized carbons (Fsp3) is 0.500. The lowest BCUT2D eigenvalue weighted by Gasteiger charge is -2.19. The van der Waals surface area contributed by atoms with E-state index in [1.165, 1.54) is 0 Å². The molecule has 2 N–H and O–H groups in total. The molecule has 0 radical (unpaired) electrons. The number of hydrogen-bond acceptors (Lipinski definition) is 4. The van der Waals surface area contributed by atoms with Gasteiger partial charge in [0.2, 0.25) is 0 Å². The number of carbonyl (C=O) groups excluding carboxylic acids is 1. The first kappa shape index (κ1) is 14.5. The fourth-order valence-corrected chi connectivity index (χ4v) is 1.37. The van der Waals surface area contributed by atoms with Gasteiger partial charge in [0.15, 0.2) is 0 Å². The zero-order valence-corrected chi connectivity index (χ0v) is 11.4. The van der Waals surface area contributed by atoms with Crippen LogP contribution in [0.25, 0.3) is 0 Å². The highest BCUT2D eigenvalue weighted by atomic mass is 16.6. The highest BCUT2D eigenvalue weighted by molar-refractivity contribution is 5.90. The zero-order chi connectivity index (χ0) is 13.8. The van der Waals surface area contributed by atoms with Crippen LogP contribution < -0.4 is 5.73 Å². The molecule has 1 aromatic rings. The van der Waals surface area contributed by atoms with Crippen molar-refractivity contribution in [2.45, 2.75) is 33.3 Å². The predicted molar refractivity (Wildman–Crippen MR) is 71.6 cm³/mol. The molecule has 0 atom stereocenters. The minimum absolute atomic E-state index is 0.218. The van der Waals surface area contributed by atoms with E-state index in [1.807, 2.05) is 27.7 Å². The van der Waals surface area contributed by atoms with Gasteiger partial charge in [-0.2, -0.15) is 0 Å². The van der Waals surface area contributed by atoms with Gasteiger partial charge in [-0.15, -0.1) is 0 Å². The van der Waals surface area contributed by atoms with Crippen molar-refractivity contribution in [3.8, 4) is 0 Å². The highest BCUT2D eigenvalue weighted by Gasteiger charge is 2.11. The van der Waals surface area contributed by atoms with Crippen LogP contribution >= 0.6 is 0 Å². The van der Waals surface area contributed by atoms with Crippen molar-refractivity contribution in [3.63, 3.8) is 0 Å². The molecule has 4 heteroatoms. The second kappa shape index (κ2) is 5.87. The van der Waals surface area contributed by atoms with Crippen LogP contribution in [0.3, 0.4) is 0 Å². The molecule has 0 fully saturated rings. The van der Waals surface area contributed by atoms with E-state index in [0.29, 0.717) is 17.9 Å². The number of benzene rings is 1. The Kier molecular flexibility index (Phi) is 4.73. The van der Waals surface area contributed by atoms with Crippen LogP contribution in [0.5, 0.6) is 0 Å². The number of rotatable bonds is 4. The largest absolute Gasteiger partial charge is 0.460 e. The first-order valence-corrected chi connectivity index (χ1v) is 5.97. The minimum atomic E-state index is -0.351. The number of esters is 1. The van der Waals surface area contributed by atoms with Gasteiger partial charge in [-0.25, -0.2) is 4.79 Å². The third-order valence-electron chi connectivity index (χ3n) is 2.36. The average Bonchev–Trinajstić information content (AvgIpc) is 2.26. The Morgan fingerprint density at radius 2 is 1.94 bits per heavy atom. The van der Waals surface area contributed by atoms with E-state index in [2.05, 4.69) is 0 Å². The number of hydrogen-bond donors (Lipinski definition) is 1. The van der Waals surface area contributed by atoms with Crippen LogP contribution in [-0.4, -0.2) is 24.8 Å². The molecule has 0 amide bonds. The van der Waals surface area contributed by atoms with Crippen molar-refractivity contribution in [1.29, 1.82) is 0 Å². The van der Waals surface area contributed by atoms with Gasteiger partial charge in [-0.3, -0.25) is 0 Å². The summed E-state index contributed by atoms with van der Waals surface area (Å²) >= 11 is 0. The predicted octanol–water partition coefficient (Wildman–Crippen LogP) is 2.55. The Bertz CT molecular complexity index is 422. The average molecular weight is 251 g/mol. The molecule has 0 unspecified atom stereocenters. The van der Waals surface area contributed by atoms with E-state index in [1.54, 1.807) is 18.2 Å². The number of nitrogens with two attached hydrogens (primary N) is 1. The Morgan fingerprint density at radius 1 is 1.28 bits per heavy atom. The summed E-state index contributed by atoms with van der Waals surface area (Å²) in [6.07, 6.45) is 0. The third kappa shape index (κ3) is 4.75. The van der Waals surface area contributed by atoms with E-state index < -0.39 is 0 Å². The Balaban J connectivity index is 2.43. The van der Waals surface area contributed by atoms with Gasteiger partial charge in [0.05, 0.1) is 17.8 Å². The molecule has 1 rings (SSSR count). The smallest absolute Gasteiger partial charge is 0.338 e. The molecule has 4 nitrogen and oxygen atoms in total. The summed E-state index contributed by atoms with van der Waals surface area (Å²) in [5.74, 6) is -0.351. The molecule has 100 valence electrons. The zero-order valence-electron chi connectivity index (χ0n) is 11.4. The second-order valence-electron chi connectivity index (χ2n) is 5.17. The molecule has 1 aromatic carbocycles. The van der Waals surface area contributed by atoms with Gasteiger partial charge in [-0.05, 0) is 51.5 Å². The molecule has 0 aliphatic heterocycles. The fourth-order valence-electron chi connectivity index (χ4n) is 1.37. The lowest BCUT2D eigenvalue weighted by atomic mass is 10.1.